The highest BCUT2D eigenvalue weighted by molar-refractivity contribution is 5.83. The van der Waals surface area contributed by atoms with Gasteiger partial charge in [0.2, 0.25) is 5.91 Å². The van der Waals surface area contributed by atoms with Crippen LogP contribution >= 0.6 is 0 Å². The van der Waals surface area contributed by atoms with Crippen molar-refractivity contribution in [2.75, 3.05) is 13.1 Å². The van der Waals surface area contributed by atoms with Crippen LogP contribution in [0.15, 0.2) is 30.6 Å². The van der Waals surface area contributed by atoms with E-state index in [-0.39, 0.29) is 24.0 Å². The quantitative estimate of drug-likeness (QED) is 0.865. The molecule has 3 heterocycles. The summed E-state index contributed by atoms with van der Waals surface area (Å²) in [6.07, 6.45) is 0.704. The molecule has 1 fully saturated rings. The number of amides is 1. The van der Waals surface area contributed by atoms with Crippen molar-refractivity contribution in [3.05, 3.63) is 53.4 Å². The summed E-state index contributed by atoms with van der Waals surface area (Å²) in [5, 5.41) is 2.68. The van der Waals surface area contributed by atoms with Crippen LogP contribution in [-0.2, 0) is 17.5 Å². The molecule has 1 saturated heterocycles. The number of rotatable bonds is 5. The first-order chi connectivity index (χ1) is 12.8. The first-order valence-corrected chi connectivity index (χ1v) is 8.68. The van der Waals surface area contributed by atoms with Gasteiger partial charge in [0, 0.05) is 18.1 Å². The fourth-order valence-corrected chi connectivity index (χ4v) is 3.18. The lowest BCUT2D eigenvalue weighted by Crippen LogP contribution is -2.39. The van der Waals surface area contributed by atoms with Crippen molar-refractivity contribution in [3.8, 4) is 0 Å². The summed E-state index contributed by atoms with van der Waals surface area (Å²) in [6, 6.07) is 3.92. The lowest BCUT2D eigenvalue weighted by atomic mass is 10.1. The highest BCUT2D eigenvalue weighted by atomic mass is 19.4. The van der Waals surface area contributed by atoms with Gasteiger partial charge in [-0.3, -0.25) is 14.7 Å². The third-order valence-electron chi connectivity index (χ3n) is 4.37. The zero-order chi connectivity index (χ0) is 19.4. The van der Waals surface area contributed by atoms with E-state index < -0.39 is 17.9 Å². The molecule has 6 nitrogen and oxygen atoms in total. The largest absolute Gasteiger partial charge is 0.433 e. The van der Waals surface area contributed by atoms with Gasteiger partial charge in [0.1, 0.15) is 17.6 Å². The maximum atomic E-state index is 12.9. The zero-order valence-electron chi connectivity index (χ0n) is 14.8. The number of hydrogen-bond donors (Lipinski definition) is 1. The Kier molecular flexibility index (Phi) is 5.69. The molecule has 0 spiro atoms. The van der Waals surface area contributed by atoms with Crippen molar-refractivity contribution in [3.63, 3.8) is 0 Å². The Balaban J connectivity index is 1.76. The Morgan fingerprint density at radius 2 is 2.04 bits per heavy atom. The number of pyridine rings is 1. The molecule has 0 bridgehead atoms. The molecule has 0 saturated carbocycles. The molecule has 0 aliphatic carbocycles. The fraction of sp³-hybridized carbons (Fsp3) is 0.444. The highest BCUT2D eigenvalue weighted by Gasteiger charge is 2.34. The average Bonchev–Trinajstić information content (AvgIpc) is 3.14. The van der Waals surface area contributed by atoms with E-state index >= 15 is 0 Å². The van der Waals surface area contributed by atoms with E-state index in [0.717, 1.165) is 37.6 Å². The van der Waals surface area contributed by atoms with Crippen LogP contribution < -0.4 is 5.32 Å². The number of alkyl halides is 3. The van der Waals surface area contributed by atoms with E-state index in [1.807, 2.05) is 11.0 Å². The van der Waals surface area contributed by atoms with Crippen LogP contribution in [-0.4, -0.2) is 38.8 Å². The van der Waals surface area contributed by atoms with Gasteiger partial charge in [-0.15, -0.1) is 0 Å². The summed E-state index contributed by atoms with van der Waals surface area (Å²) in [7, 11) is 0. The SMILES string of the molecule is Cc1cc(C(F)(F)F)nc(CNC(=O)C(c2cccnc2)N2CCCC2)n1. The lowest BCUT2D eigenvalue weighted by Gasteiger charge is -2.26. The summed E-state index contributed by atoms with van der Waals surface area (Å²) in [5.41, 5.74) is -0.0643. The molecular formula is C18H20F3N5O. The maximum Gasteiger partial charge on any atom is 0.433 e. The van der Waals surface area contributed by atoms with E-state index in [0.29, 0.717) is 0 Å². The molecule has 1 aliphatic rings. The zero-order valence-corrected chi connectivity index (χ0v) is 14.8. The number of carbonyl (C=O) groups is 1. The summed E-state index contributed by atoms with van der Waals surface area (Å²) in [6.45, 7) is 2.86. The molecule has 1 atom stereocenters. The monoisotopic (exact) mass is 379 g/mol. The van der Waals surface area contributed by atoms with Crippen LogP contribution in [0.5, 0.6) is 0 Å². The van der Waals surface area contributed by atoms with Gasteiger partial charge in [-0.1, -0.05) is 6.07 Å². The third kappa shape index (κ3) is 4.79. The Morgan fingerprint density at radius 1 is 1.30 bits per heavy atom. The van der Waals surface area contributed by atoms with E-state index in [4.69, 9.17) is 0 Å². The minimum atomic E-state index is -4.56. The van der Waals surface area contributed by atoms with Gasteiger partial charge in [0.15, 0.2) is 0 Å². The van der Waals surface area contributed by atoms with Crippen molar-refractivity contribution in [2.45, 2.75) is 38.5 Å². The molecule has 2 aromatic heterocycles. The normalized spacial score (nSPS) is 16.3. The van der Waals surface area contributed by atoms with Gasteiger partial charge >= 0.3 is 6.18 Å². The Labute approximate surface area is 154 Å². The molecule has 0 aromatic carbocycles. The van der Waals surface area contributed by atoms with Gasteiger partial charge < -0.3 is 5.32 Å². The number of hydrogen-bond acceptors (Lipinski definition) is 5. The number of aromatic nitrogens is 3. The summed E-state index contributed by atoms with van der Waals surface area (Å²) in [5.74, 6) is -0.370. The van der Waals surface area contributed by atoms with Gasteiger partial charge in [-0.2, -0.15) is 13.2 Å². The predicted octanol–water partition coefficient (Wildman–Crippen LogP) is 2.65. The first kappa shape index (κ1) is 19.2. The first-order valence-electron chi connectivity index (χ1n) is 8.68. The molecule has 1 aliphatic heterocycles. The number of nitrogens with zero attached hydrogens (tertiary/aromatic N) is 4. The molecule has 144 valence electrons. The summed E-state index contributed by atoms with van der Waals surface area (Å²) < 4.78 is 38.7. The van der Waals surface area contributed by atoms with Crippen molar-refractivity contribution in [1.29, 1.82) is 0 Å². The Bertz CT molecular complexity index is 791. The van der Waals surface area contributed by atoms with Crippen molar-refractivity contribution >= 4 is 5.91 Å². The second kappa shape index (κ2) is 7.99. The van der Waals surface area contributed by atoms with Crippen molar-refractivity contribution < 1.29 is 18.0 Å². The van der Waals surface area contributed by atoms with Gasteiger partial charge in [-0.05, 0) is 50.6 Å². The molecule has 1 amide bonds. The van der Waals surface area contributed by atoms with Crippen molar-refractivity contribution in [2.24, 2.45) is 0 Å². The molecule has 2 aromatic rings. The van der Waals surface area contributed by atoms with E-state index in [1.165, 1.54) is 6.92 Å². The Hall–Kier alpha value is -2.55. The molecule has 1 N–H and O–H groups in total. The van der Waals surface area contributed by atoms with Crippen LogP contribution in [0.1, 0.15) is 41.7 Å². The number of carbonyl (C=O) groups excluding carboxylic acids is 1. The van der Waals surface area contributed by atoms with Crippen LogP contribution in [0, 0.1) is 6.92 Å². The number of nitrogens with one attached hydrogen (secondary N) is 1. The summed E-state index contributed by atoms with van der Waals surface area (Å²) in [4.78, 5) is 26.5. The van der Waals surface area contributed by atoms with Crippen LogP contribution in [0.2, 0.25) is 0 Å². The van der Waals surface area contributed by atoms with Gasteiger partial charge in [0.25, 0.3) is 0 Å². The van der Waals surface area contributed by atoms with Crippen LogP contribution in [0.3, 0.4) is 0 Å². The second-order valence-electron chi connectivity index (χ2n) is 6.46. The fourth-order valence-electron chi connectivity index (χ4n) is 3.18. The van der Waals surface area contributed by atoms with E-state index in [9.17, 15) is 18.0 Å². The van der Waals surface area contributed by atoms with E-state index in [2.05, 4.69) is 20.3 Å². The number of likely N-dealkylation sites (tertiary alicyclic amines) is 1. The maximum absolute atomic E-state index is 12.9. The van der Waals surface area contributed by atoms with Gasteiger partial charge in [0.05, 0.1) is 6.54 Å². The van der Waals surface area contributed by atoms with Crippen LogP contribution in [0.4, 0.5) is 13.2 Å². The van der Waals surface area contributed by atoms with Gasteiger partial charge in [-0.25, -0.2) is 9.97 Å². The number of halogens is 3. The molecule has 3 rings (SSSR count). The van der Waals surface area contributed by atoms with Crippen molar-refractivity contribution in [1.82, 2.24) is 25.2 Å². The minimum Gasteiger partial charge on any atom is -0.347 e. The third-order valence-corrected chi connectivity index (χ3v) is 4.37. The average molecular weight is 379 g/mol. The minimum absolute atomic E-state index is 0.0676. The second-order valence-corrected chi connectivity index (χ2v) is 6.46. The molecule has 27 heavy (non-hydrogen) atoms. The molecule has 0 radical (unpaired) electrons. The smallest absolute Gasteiger partial charge is 0.347 e. The highest BCUT2D eigenvalue weighted by Crippen LogP contribution is 2.28. The Morgan fingerprint density at radius 3 is 2.67 bits per heavy atom. The summed E-state index contributed by atoms with van der Waals surface area (Å²) >= 11 is 0. The molecule has 1 unspecified atom stereocenters. The van der Waals surface area contributed by atoms with Crippen LogP contribution in [0.25, 0.3) is 0 Å². The predicted molar refractivity (Wildman–Crippen MR) is 91.4 cm³/mol. The topological polar surface area (TPSA) is 71.0 Å². The van der Waals surface area contributed by atoms with E-state index in [1.54, 1.807) is 18.5 Å². The molecular weight excluding hydrogens is 359 g/mol. The standard InChI is InChI=1S/C18H20F3N5O/c1-12-9-14(18(19,20)21)25-15(24-12)11-23-17(27)16(26-7-2-3-8-26)13-5-4-6-22-10-13/h4-6,9-10,16H,2-3,7-8,11H2,1H3,(H,23,27). The molecule has 9 heteroatoms. The number of aryl methyl sites for hydroxylation is 1. The lowest BCUT2D eigenvalue weighted by molar-refractivity contribution is -0.141.